The molecule has 0 aliphatic carbocycles. The number of amides is 1. The van der Waals surface area contributed by atoms with Gasteiger partial charge in [-0.1, -0.05) is 11.8 Å². The van der Waals surface area contributed by atoms with Crippen LogP contribution in [-0.2, 0) is 4.79 Å². The van der Waals surface area contributed by atoms with E-state index >= 15 is 0 Å². The third-order valence-electron chi connectivity index (χ3n) is 4.24. The van der Waals surface area contributed by atoms with Crippen LogP contribution in [0.15, 0.2) is 29.3 Å². The number of hydrogen-bond donors (Lipinski definition) is 1. The Balaban J connectivity index is 1.59. The average Bonchev–Trinajstić information content (AvgIpc) is 3.15. The highest BCUT2D eigenvalue weighted by molar-refractivity contribution is 8.00. The summed E-state index contributed by atoms with van der Waals surface area (Å²) in [5, 5.41) is 12.7. The Kier molecular flexibility index (Phi) is 5.74. The molecule has 3 rings (SSSR count). The van der Waals surface area contributed by atoms with Gasteiger partial charge in [0.05, 0.1) is 11.4 Å². The van der Waals surface area contributed by atoms with Crippen LogP contribution >= 0.6 is 11.8 Å². The van der Waals surface area contributed by atoms with Crippen molar-refractivity contribution in [1.82, 2.24) is 9.97 Å². The quantitative estimate of drug-likeness (QED) is 0.645. The molecule has 1 fully saturated rings. The van der Waals surface area contributed by atoms with Crippen LogP contribution in [0.5, 0.6) is 0 Å². The largest absolute Gasteiger partial charge is 0.372 e. The molecule has 134 valence electrons. The summed E-state index contributed by atoms with van der Waals surface area (Å²) in [4.78, 5) is 23.1. The van der Waals surface area contributed by atoms with E-state index in [0.717, 1.165) is 18.8 Å². The second-order valence-corrected chi connectivity index (χ2v) is 7.19. The molecular formula is C19H21N5OS. The molecule has 0 radical (unpaired) electrons. The number of aromatic nitrogens is 2. The predicted molar refractivity (Wildman–Crippen MR) is 103 cm³/mol. The van der Waals surface area contributed by atoms with Crippen LogP contribution in [-0.4, -0.2) is 34.7 Å². The monoisotopic (exact) mass is 367 g/mol. The van der Waals surface area contributed by atoms with Crippen molar-refractivity contribution >= 4 is 29.0 Å². The maximum absolute atomic E-state index is 12.2. The Hall–Kier alpha value is -2.59. The van der Waals surface area contributed by atoms with Crippen LogP contribution < -0.4 is 10.2 Å². The Labute approximate surface area is 157 Å². The van der Waals surface area contributed by atoms with Crippen molar-refractivity contribution in [3.63, 3.8) is 0 Å². The van der Waals surface area contributed by atoms with Crippen LogP contribution in [0, 0.1) is 25.2 Å². The number of hydrogen-bond acceptors (Lipinski definition) is 6. The molecule has 0 spiro atoms. The fourth-order valence-corrected chi connectivity index (χ4v) is 3.85. The van der Waals surface area contributed by atoms with E-state index in [1.165, 1.54) is 30.3 Å². The van der Waals surface area contributed by atoms with Crippen molar-refractivity contribution in [2.24, 2.45) is 0 Å². The molecule has 1 aliphatic rings. The normalized spacial score (nSPS) is 13.5. The first-order valence-corrected chi connectivity index (χ1v) is 9.58. The van der Waals surface area contributed by atoms with Gasteiger partial charge in [-0.25, -0.2) is 9.97 Å². The van der Waals surface area contributed by atoms with Crippen molar-refractivity contribution in [2.45, 2.75) is 31.7 Å². The second-order valence-electron chi connectivity index (χ2n) is 6.23. The highest BCUT2D eigenvalue weighted by Gasteiger charge is 2.14. The van der Waals surface area contributed by atoms with Crippen molar-refractivity contribution < 1.29 is 4.79 Å². The maximum atomic E-state index is 12.2. The Bertz CT molecular complexity index is 838. The molecule has 1 aliphatic heterocycles. The molecule has 2 aromatic rings. The van der Waals surface area contributed by atoms with Crippen LogP contribution in [0.1, 0.15) is 29.9 Å². The zero-order valence-electron chi connectivity index (χ0n) is 15.0. The van der Waals surface area contributed by atoms with Gasteiger partial charge in [0.15, 0.2) is 0 Å². The third kappa shape index (κ3) is 4.33. The van der Waals surface area contributed by atoms with Gasteiger partial charge in [-0.15, -0.1) is 0 Å². The number of anilines is 2. The van der Waals surface area contributed by atoms with Crippen molar-refractivity contribution in [2.75, 3.05) is 29.1 Å². The van der Waals surface area contributed by atoms with Crippen LogP contribution in [0.4, 0.5) is 11.4 Å². The third-order valence-corrected chi connectivity index (χ3v) is 5.22. The van der Waals surface area contributed by atoms with Crippen molar-refractivity contribution in [3.05, 3.63) is 41.3 Å². The summed E-state index contributed by atoms with van der Waals surface area (Å²) in [6.07, 6.45) is 2.48. The Morgan fingerprint density at radius 3 is 2.58 bits per heavy atom. The molecule has 26 heavy (non-hydrogen) atoms. The van der Waals surface area contributed by atoms with Gasteiger partial charge >= 0.3 is 0 Å². The number of carbonyl (C=O) groups excluding carboxylic acids is 1. The highest BCUT2D eigenvalue weighted by atomic mass is 32.2. The Morgan fingerprint density at radius 2 is 1.92 bits per heavy atom. The number of carbonyl (C=O) groups is 1. The van der Waals surface area contributed by atoms with Gasteiger partial charge < -0.3 is 10.2 Å². The first-order valence-electron chi connectivity index (χ1n) is 8.60. The van der Waals surface area contributed by atoms with Gasteiger partial charge in [0, 0.05) is 24.5 Å². The summed E-state index contributed by atoms with van der Waals surface area (Å²) in [5.74, 6) is 0.668. The summed E-state index contributed by atoms with van der Waals surface area (Å²) >= 11 is 1.26. The number of aryl methyl sites for hydroxylation is 2. The Morgan fingerprint density at radius 1 is 1.23 bits per heavy atom. The van der Waals surface area contributed by atoms with Gasteiger partial charge in [0.2, 0.25) is 5.91 Å². The molecule has 6 nitrogen and oxygen atoms in total. The van der Waals surface area contributed by atoms with E-state index < -0.39 is 0 Å². The summed E-state index contributed by atoms with van der Waals surface area (Å²) in [6, 6.07) is 10.0. The van der Waals surface area contributed by atoms with Gasteiger partial charge in [-0.3, -0.25) is 4.79 Å². The van der Waals surface area contributed by atoms with Crippen LogP contribution in [0.25, 0.3) is 0 Å². The fourth-order valence-electron chi connectivity index (χ4n) is 2.98. The summed E-state index contributed by atoms with van der Waals surface area (Å²) in [6.45, 7) is 5.75. The number of nitriles is 1. The van der Waals surface area contributed by atoms with Crippen molar-refractivity contribution in [3.8, 4) is 6.07 Å². The molecule has 2 heterocycles. The molecule has 0 bridgehead atoms. The van der Waals surface area contributed by atoms with E-state index in [1.807, 2.05) is 24.3 Å². The fraction of sp³-hybridized carbons (Fsp3) is 0.368. The van der Waals surface area contributed by atoms with Crippen molar-refractivity contribution in [1.29, 1.82) is 5.26 Å². The standard InChI is InChI=1S/C19H21N5OS/c1-13-17(11-20)19(22-14(2)21-13)26-12-18(25)23-15-5-7-16(8-6-15)24-9-3-4-10-24/h5-8H,3-4,9-10,12H2,1-2H3,(H,23,25). The lowest BCUT2D eigenvalue weighted by atomic mass is 10.2. The van der Waals surface area contributed by atoms with Gasteiger partial charge in [-0.05, 0) is 51.0 Å². The maximum Gasteiger partial charge on any atom is 0.234 e. The molecule has 1 saturated heterocycles. The second kappa shape index (κ2) is 8.19. The minimum atomic E-state index is -0.123. The number of rotatable bonds is 5. The lowest BCUT2D eigenvalue weighted by Gasteiger charge is -2.17. The molecule has 1 N–H and O–H groups in total. The zero-order chi connectivity index (χ0) is 18.5. The van der Waals surface area contributed by atoms with E-state index in [9.17, 15) is 10.1 Å². The molecule has 1 aromatic carbocycles. The number of thioether (sulfide) groups is 1. The SMILES string of the molecule is Cc1nc(C)c(C#N)c(SCC(=O)Nc2ccc(N3CCCC3)cc2)n1. The van der Waals surface area contributed by atoms with E-state index in [4.69, 9.17) is 0 Å². The molecule has 0 saturated carbocycles. The molecule has 0 atom stereocenters. The van der Waals surface area contributed by atoms with E-state index in [-0.39, 0.29) is 11.7 Å². The van der Waals surface area contributed by atoms with Gasteiger partial charge in [0.1, 0.15) is 22.5 Å². The number of nitrogens with zero attached hydrogens (tertiary/aromatic N) is 4. The first kappa shape index (κ1) is 18.2. The topological polar surface area (TPSA) is 81.9 Å². The van der Waals surface area contributed by atoms with E-state index in [2.05, 4.69) is 26.3 Å². The number of benzene rings is 1. The van der Waals surface area contributed by atoms with Gasteiger partial charge in [-0.2, -0.15) is 5.26 Å². The summed E-state index contributed by atoms with van der Waals surface area (Å²) in [7, 11) is 0. The van der Waals surface area contributed by atoms with Crippen LogP contribution in [0.3, 0.4) is 0 Å². The molecule has 1 aromatic heterocycles. The summed E-state index contributed by atoms with van der Waals surface area (Å²) in [5.41, 5.74) is 3.04. The smallest absolute Gasteiger partial charge is 0.234 e. The minimum absolute atomic E-state index is 0.123. The highest BCUT2D eigenvalue weighted by Crippen LogP contribution is 2.24. The molecule has 7 heteroatoms. The first-order chi connectivity index (χ1) is 12.6. The van der Waals surface area contributed by atoms with Crippen LogP contribution in [0.2, 0.25) is 0 Å². The lowest BCUT2D eigenvalue weighted by molar-refractivity contribution is -0.113. The lowest BCUT2D eigenvalue weighted by Crippen LogP contribution is -2.18. The average molecular weight is 367 g/mol. The zero-order valence-corrected chi connectivity index (χ0v) is 15.8. The minimum Gasteiger partial charge on any atom is -0.372 e. The van der Waals surface area contributed by atoms with Gasteiger partial charge in [0.25, 0.3) is 0 Å². The predicted octanol–water partition coefficient (Wildman–Crippen LogP) is 3.30. The van der Waals surface area contributed by atoms with E-state index in [1.54, 1.807) is 13.8 Å². The molecule has 0 unspecified atom stereocenters. The summed E-state index contributed by atoms with van der Waals surface area (Å²) < 4.78 is 0. The molecule has 1 amide bonds. The number of nitrogens with one attached hydrogen (secondary N) is 1. The molecular weight excluding hydrogens is 346 g/mol. The van der Waals surface area contributed by atoms with E-state index in [0.29, 0.717) is 22.1 Å².